The second kappa shape index (κ2) is 7.31. The van der Waals surface area contributed by atoms with Crippen molar-refractivity contribution in [3.63, 3.8) is 0 Å². The Bertz CT molecular complexity index is 1120. The maximum Gasteiger partial charge on any atom is 0.242 e. The van der Waals surface area contributed by atoms with Gasteiger partial charge in [-0.15, -0.1) is 5.10 Å². The van der Waals surface area contributed by atoms with Crippen molar-refractivity contribution in [2.75, 3.05) is 18.9 Å². The molecule has 1 aromatic carbocycles. The van der Waals surface area contributed by atoms with Gasteiger partial charge in [-0.2, -0.15) is 5.26 Å². The van der Waals surface area contributed by atoms with E-state index >= 15 is 0 Å². The first-order chi connectivity index (χ1) is 14.0. The van der Waals surface area contributed by atoms with Crippen LogP contribution in [0.1, 0.15) is 24.3 Å². The molecular weight excluding hydrogens is 377 g/mol. The summed E-state index contributed by atoms with van der Waals surface area (Å²) in [6.07, 6.45) is 0.965. The first-order valence-electron chi connectivity index (χ1n) is 8.92. The van der Waals surface area contributed by atoms with Crippen LogP contribution in [0.4, 0.5) is 10.2 Å². The van der Waals surface area contributed by atoms with E-state index < -0.39 is 11.9 Å². The van der Waals surface area contributed by atoms with E-state index in [1.165, 1.54) is 23.0 Å². The number of aromatic nitrogens is 3. The molecule has 2 bridgehead atoms. The highest BCUT2D eigenvalue weighted by Crippen LogP contribution is 2.38. The number of pyridine rings is 1. The normalized spacial score (nSPS) is 15.7. The fourth-order valence-corrected chi connectivity index (χ4v) is 3.19. The highest BCUT2D eigenvalue weighted by Gasteiger charge is 2.23. The van der Waals surface area contributed by atoms with Gasteiger partial charge in [-0.3, -0.25) is 4.68 Å². The molecule has 3 aromatic rings. The van der Waals surface area contributed by atoms with Crippen molar-refractivity contribution < 1.29 is 18.6 Å². The van der Waals surface area contributed by atoms with Gasteiger partial charge in [0, 0.05) is 24.4 Å². The fourth-order valence-electron chi connectivity index (χ4n) is 3.19. The molecule has 3 heterocycles. The number of ether oxygens (including phenoxy) is 3. The molecule has 4 rings (SSSR count). The summed E-state index contributed by atoms with van der Waals surface area (Å²) in [6.45, 7) is 2.14. The molecule has 2 aromatic heterocycles. The topological polar surface area (TPSA) is 108 Å². The van der Waals surface area contributed by atoms with Crippen molar-refractivity contribution in [1.29, 1.82) is 5.26 Å². The zero-order chi connectivity index (χ0) is 20.5. The molecule has 0 saturated heterocycles. The van der Waals surface area contributed by atoms with E-state index in [4.69, 9.17) is 19.9 Å². The SMILES string of the molecule is C[C@@H]1Oc2cc(cnc2N)-c2c(nn(C)c2C#N)OCCOc2ccc(F)cc21. The minimum Gasteiger partial charge on any atom is -0.490 e. The van der Waals surface area contributed by atoms with Gasteiger partial charge < -0.3 is 19.9 Å². The zero-order valence-corrected chi connectivity index (χ0v) is 15.8. The summed E-state index contributed by atoms with van der Waals surface area (Å²) in [4.78, 5) is 4.19. The van der Waals surface area contributed by atoms with E-state index in [0.29, 0.717) is 33.9 Å². The van der Waals surface area contributed by atoms with Gasteiger partial charge in [0.15, 0.2) is 11.6 Å². The van der Waals surface area contributed by atoms with E-state index in [0.717, 1.165) is 0 Å². The summed E-state index contributed by atoms with van der Waals surface area (Å²) in [5.74, 6) is 0.807. The number of benzene rings is 1. The van der Waals surface area contributed by atoms with Crippen molar-refractivity contribution in [2.24, 2.45) is 7.05 Å². The summed E-state index contributed by atoms with van der Waals surface area (Å²) >= 11 is 0. The molecule has 9 heteroatoms. The van der Waals surface area contributed by atoms with Crippen LogP contribution in [-0.4, -0.2) is 28.0 Å². The van der Waals surface area contributed by atoms with Gasteiger partial charge in [0.25, 0.3) is 0 Å². The Balaban J connectivity index is 1.86. The molecule has 29 heavy (non-hydrogen) atoms. The predicted octanol–water partition coefficient (Wildman–Crippen LogP) is 2.99. The smallest absolute Gasteiger partial charge is 0.242 e. The third kappa shape index (κ3) is 3.40. The van der Waals surface area contributed by atoms with Crippen molar-refractivity contribution >= 4 is 5.82 Å². The Morgan fingerprint density at radius 2 is 2.03 bits per heavy atom. The van der Waals surface area contributed by atoms with Crippen molar-refractivity contribution in [3.8, 4) is 34.6 Å². The molecule has 1 atom stereocenters. The van der Waals surface area contributed by atoms with Crippen molar-refractivity contribution in [3.05, 3.63) is 47.5 Å². The number of nitrogen functional groups attached to an aromatic ring is 1. The highest BCUT2D eigenvalue weighted by molar-refractivity contribution is 5.75. The Labute approximate surface area is 166 Å². The van der Waals surface area contributed by atoms with E-state index in [9.17, 15) is 9.65 Å². The quantitative estimate of drug-likeness (QED) is 0.623. The van der Waals surface area contributed by atoms with Crippen molar-refractivity contribution in [2.45, 2.75) is 13.0 Å². The predicted molar refractivity (Wildman–Crippen MR) is 102 cm³/mol. The van der Waals surface area contributed by atoms with Crippen LogP contribution < -0.4 is 19.9 Å². The third-order valence-electron chi connectivity index (χ3n) is 4.58. The van der Waals surface area contributed by atoms with Crippen LogP contribution in [0, 0.1) is 17.1 Å². The largest absolute Gasteiger partial charge is 0.490 e. The molecule has 8 nitrogen and oxygen atoms in total. The number of nitrogens with two attached hydrogens (primary N) is 1. The number of nitrogens with zero attached hydrogens (tertiary/aromatic N) is 4. The summed E-state index contributed by atoms with van der Waals surface area (Å²) in [7, 11) is 1.66. The molecule has 1 aliphatic rings. The van der Waals surface area contributed by atoms with Gasteiger partial charge in [-0.1, -0.05) is 0 Å². The second-order valence-electron chi connectivity index (χ2n) is 6.51. The molecule has 0 saturated carbocycles. The fraction of sp³-hybridized carbons (Fsp3) is 0.250. The number of hydrogen-bond donors (Lipinski definition) is 1. The van der Waals surface area contributed by atoms with Crippen LogP contribution in [-0.2, 0) is 7.05 Å². The van der Waals surface area contributed by atoms with Crippen LogP contribution >= 0.6 is 0 Å². The molecule has 2 N–H and O–H groups in total. The third-order valence-corrected chi connectivity index (χ3v) is 4.58. The molecule has 0 unspecified atom stereocenters. The van der Waals surface area contributed by atoms with E-state index in [-0.39, 0.29) is 24.9 Å². The lowest BCUT2D eigenvalue weighted by Gasteiger charge is -2.19. The average Bonchev–Trinajstić information content (AvgIpc) is 3.02. The second-order valence-corrected chi connectivity index (χ2v) is 6.51. The van der Waals surface area contributed by atoms with E-state index in [1.54, 1.807) is 26.1 Å². The van der Waals surface area contributed by atoms with Gasteiger partial charge in [0.2, 0.25) is 5.88 Å². The minimum atomic E-state index is -0.564. The molecular formula is C20H18FN5O3. The van der Waals surface area contributed by atoms with Crippen LogP contribution in [0.15, 0.2) is 30.5 Å². The lowest BCUT2D eigenvalue weighted by molar-refractivity contribution is 0.195. The summed E-state index contributed by atoms with van der Waals surface area (Å²) in [5.41, 5.74) is 7.90. The van der Waals surface area contributed by atoms with Crippen LogP contribution in [0.3, 0.4) is 0 Å². The maximum atomic E-state index is 13.8. The number of rotatable bonds is 0. The van der Waals surface area contributed by atoms with Crippen LogP contribution in [0.25, 0.3) is 11.1 Å². The molecule has 0 fully saturated rings. The Hall–Kier alpha value is -3.80. The molecule has 148 valence electrons. The molecule has 0 amide bonds. The molecule has 0 radical (unpaired) electrons. The van der Waals surface area contributed by atoms with Crippen LogP contribution in [0.2, 0.25) is 0 Å². The minimum absolute atomic E-state index is 0.166. The standard InChI is InChI=1S/C20H18FN5O3/c1-11-14-8-13(21)3-4-16(14)27-5-6-28-20-18(15(9-22)26(2)25-20)12-7-17(29-11)19(23)24-10-12/h3-4,7-8,10-11H,5-6H2,1-2H3,(H2,23,24)/t11-/m0/s1. The average molecular weight is 395 g/mol. The molecule has 0 aliphatic carbocycles. The number of anilines is 1. The first kappa shape index (κ1) is 18.6. The zero-order valence-electron chi connectivity index (χ0n) is 15.8. The van der Waals surface area contributed by atoms with Crippen molar-refractivity contribution in [1.82, 2.24) is 14.8 Å². The number of aryl methyl sites for hydroxylation is 1. The first-order valence-corrected chi connectivity index (χ1v) is 8.92. The number of fused-ring (bicyclic) bond motifs is 5. The van der Waals surface area contributed by atoms with Gasteiger partial charge in [0.1, 0.15) is 42.6 Å². The van der Waals surface area contributed by atoms with Gasteiger partial charge in [-0.05, 0) is 31.2 Å². The number of hydrogen-bond acceptors (Lipinski definition) is 7. The lowest BCUT2D eigenvalue weighted by atomic mass is 10.1. The van der Waals surface area contributed by atoms with Gasteiger partial charge in [-0.25, -0.2) is 9.37 Å². The Morgan fingerprint density at radius 1 is 1.24 bits per heavy atom. The maximum absolute atomic E-state index is 13.8. The lowest BCUT2D eigenvalue weighted by Crippen LogP contribution is -2.12. The summed E-state index contributed by atoms with van der Waals surface area (Å²) in [5, 5.41) is 13.9. The van der Waals surface area contributed by atoms with E-state index in [1.807, 2.05) is 0 Å². The van der Waals surface area contributed by atoms with Crippen LogP contribution in [0.5, 0.6) is 17.4 Å². The monoisotopic (exact) mass is 395 g/mol. The van der Waals surface area contributed by atoms with Gasteiger partial charge in [0.05, 0.1) is 5.56 Å². The number of halogens is 1. The summed E-state index contributed by atoms with van der Waals surface area (Å²) < 4.78 is 32.8. The highest BCUT2D eigenvalue weighted by atomic mass is 19.1. The number of nitriles is 1. The summed E-state index contributed by atoms with van der Waals surface area (Å²) in [6, 6.07) is 8.02. The van der Waals surface area contributed by atoms with Gasteiger partial charge >= 0.3 is 0 Å². The Morgan fingerprint density at radius 3 is 2.83 bits per heavy atom. The van der Waals surface area contributed by atoms with E-state index in [2.05, 4.69) is 16.2 Å². The molecule has 0 spiro atoms. The Kier molecular flexibility index (Phi) is 4.68. The molecule has 1 aliphatic heterocycles.